The molecule has 0 radical (unpaired) electrons. The molecule has 1 N–H and O–H groups in total. The van der Waals surface area contributed by atoms with Crippen molar-refractivity contribution in [1.82, 2.24) is 14.1 Å². The number of fused-ring (bicyclic) bond motifs is 1. The number of piperidine rings is 1. The number of hydrogen-bond acceptors (Lipinski definition) is 3. The molecule has 6 heteroatoms. The van der Waals surface area contributed by atoms with Crippen LogP contribution in [0.1, 0.15) is 71.6 Å². The highest BCUT2D eigenvalue weighted by Crippen LogP contribution is 2.45. The molecular formula is C29H42ClN3OSi. The lowest BCUT2D eigenvalue weighted by Gasteiger charge is -2.44. The predicted octanol–water partition coefficient (Wildman–Crippen LogP) is 7.66. The molecule has 35 heavy (non-hydrogen) atoms. The monoisotopic (exact) mass is 511 g/mol. The van der Waals surface area contributed by atoms with E-state index in [1.54, 1.807) is 6.20 Å². The first-order valence-corrected chi connectivity index (χ1v) is 15.8. The highest BCUT2D eigenvalue weighted by Gasteiger charge is 2.46. The Bertz CT molecular complexity index is 1110. The molecule has 1 aliphatic heterocycles. The Morgan fingerprint density at radius 1 is 1.03 bits per heavy atom. The molecule has 0 spiro atoms. The minimum Gasteiger partial charge on any atom is -0.388 e. The summed E-state index contributed by atoms with van der Waals surface area (Å²) in [4.78, 5) is 7.33. The third kappa shape index (κ3) is 4.85. The maximum Gasteiger partial charge on any atom is 0.171 e. The summed E-state index contributed by atoms with van der Waals surface area (Å²) >= 11 is 6.76. The van der Waals surface area contributed by atoms with Crippen molar-refractivity contribution in [2.24, 2.45) is 5.92 Å². The van der Waals surface area contributed by atoms with Crippen LogP contribution in [-0.2, 0) is 6.54 Å². The van der Waals surface area contributed by atoms with Crippen LogP contribution in [0.25, 0.3) is 11.0 Å². The number of aliphatic hydroxyl groups is 1. The van der Waals surface area contributed by atoms with E-state index in [1.165, 1.54) is 5.56 Å². The van der Waals surface area contributed by atoms with Crippen LogP contribution < -0.4 is 0 Å². The number of aromatic nitrogens is 2. The zero-order valence-corrected chi connectivity index (χ0v) is 24.0. The van der Waals surface area contributed by atoms with E-state index in [0.717, 1.165) is 49.1 Å². The Hall–Kier alpha value is -1.66. The Kier molecular flexibility index (Phi) is 8.11. The van der Waals surface area contributed by atoms with E-state index in [0.29, 0.717) is 21.6 Å². The molecule has 3 heterocycles. The van der Waals surface area contributed by atoms with Crippen LogP contribution >= 0.6 is 11.6 Å². The molecule has 1 aliphatic rings. The van der Waals surface area contributed by atoms with Crippen LogP contribution in [0.15, 0.2) is 48.8 Å². The summed E-state index contributed by atoms with van der Waals surface area (Å²) in [7, 11) is -1.96. The highest BCUT2D eigenvalue weighted by atomic mass is 35.5. The first-order valence-electron chi connectivity index (χ1n) is 13.3. The first-order chi connectivity index (χ1) is 16.7. The lowest BCUT2D eigenvalue weighted by molar-refractivity contribution is 0.0485. The minimum absolute atomic E-state index is 0.154. The van der Waals surface area contributed by atoms with E-state index in [2.05, 4.69) is 93.3 Å². The molecule has 4 rings (SSSR count). The molecule has 1 aromatic carbocycles. The molecule has 3 aromatic rings. The number of pyridine rings is 1. The number of nitrogens with zero attached hydrogens (tertiary/aromatic N) is 3. The van der Waals surface area contributed by atoms with E-state index >= 15 is 0 Å². The van der Waals surface area contributed by atoms with Gasteiger partial charge in [-0.05, 0) is 53.8 Å². The summed E-state index contributed by atoms with van der Waals surface area (Å²) in [5.74, 6) is 0.154. The average molecular weight is 512 g/mol. The van der Waals surface area contributed by atoms with Gasteiger partial charge in [0.05, 0.1) is 11.1 Å². The summed E-state index contributed by atoms with van der Waals surface area (Å²) < 4.78 is 2.51. The van der Waals surface area contributed by atoms with Crippen LogP contribution in [0.3, 0.4) is 0 Å². The Morgan fingerprint density at radius 3 is 2.31 bits per heavy atom. The number of hydrogen-bond donors (Lipinski definition) is 1. The summed E-state index contributed by atoms with van der Waals surface area (Å²) in [5, 5.41) is 13.3. The fraction of sp³-hybridized carbons (Fsp3) is 0.552. The molecule has 0 amide bonds. The molecule has 1 fully saturated rings. The van der Waals surface area contributed by atoms with E-state index < -0.39 is 14.3 Å². The lowest BCUT2D eigenvalue weighted by Crippen LogP contribution is -2.51. The van der Waals surface area contributed by atoms with Crippen LogP contribution in [-0.4, -0.2) is 40.5 Å². The van der Waals surface area contributed by atoms with Gasteiger partial charge in [0.2, 0.25) is 0 Å². The van der Waals surface area contributed by atoms with Gasteiger partial charge in [-0.1, -0.05) is 83.5 Å². The second-order valence-corrected chi connectivity index (χ2v) is 17.5. The summed E-state index contributed by atoms with van der Waals surface area (Å²) in [6, 6.07) is 12.8. The Balaban J connectivity index is 1.69. The smallest absolute Gasteiger partial charge is 0.171 e. The molecule has 0 bridgehead atoms. The van der Waals surface area contributed by atoms with Gasteiger partial charge < -0.3 is 9.34 Å². The Morgan fingerprint density at radius 2 is 1.69 bits per heavy atom. The molecule has 190 valence electrons. The van der Waals surface area contributed by atoms with E-state index in [9.17, 15) is 5.11 Å². The summed E-state index contributed by atoms with van der Waals surface area (Å²) in [6.45, 7) is 17.1. The van der Waals surface area contributed by atoms with E-state index in [4.69, 9.17) is 16.6 Å². The molecular weight excluding hydrogens is 470 g/mol. The molecule has 2 atom stereocenters. The number of benzene rings is 1. The zero-order chi connectivity index (χ0) is 25.3. The fourth-order valence-corrected chi connectivity index (χ4v) is 13.9. The van der Waals surface area contributed by atoms with Crippen LogP contribution in [0, 0.1) is 5.92 Å². The van der Waals surface area contributed by atoms with Crippen molar-refractivity contribution in [3.63, 3.8) is 0 Å². The maximum absolute atomic E-state index is 11.7. The third-order valence-corrected chi connectivity index (χ3v) is 15.5. The van der Waals surface area contributed by atoms with Crippen LogP contribution in [0.2, 0.25) is 21.6 Å². The van der Waals surface area contributed by atoms with Gasteiger partial charge in [-0.2, -0.15) is 0 Å². The second kappa shape index (κ2) is 10.8. The summed E-state index contributed by atoms with van der Waals surface area (Å²) in [5.41, 5.74) is 4.86. The number of likely N-dealkylation sites (tertiary alicyclic amines) is 1. The van der Waals surface area contributed by atoms with Gasteiger partial charge in [0.1, 0.15) is 5.65 Å². The number of halogens is 1. The predicted molar refractivity (Wildman–Crippen MR) is 151 cm³/mol. The van der Waals surface area contributed by atoms with E-state index in [-0.39, 0.29) is 5.92 Å². The van der Waals surface area contributed by atoms with Gasteiger partial charge in [-0.25, -0.2) is 4.98 Å². The van der Waals surface area contributed by atoms with Crippen molar-refractivity contribution in [1.29, 1.82) is 0 Å². The first kappa shape index (κ1) is 26.4. The fourth-order valence-electron chi connectivity index (χ4n) is 7.10. The molecule has 1 saturated heterocycles. The van der Waals surface area contributed by atoms with Gasteiger partial charge >= 0.3 is 0 Å². The number of aliphatic hydroxyl groups excluding tert-OH is 1. The standard InChI is InChI=1S/C29H42ClN3OSi/c1-20(2)35(21(3)4,22(5)6)33-16-14-25-27(26(30)17-31-29(25)33)28(34)24-13-10-15-32(19-24)18-23-11-8-7-9-12-23/h7-9,11-12,14,16-17,20-22,24,28,34H,10,13,15,18-19H2,1-6H3. The van der Waals surface area contributed by atoms with Crippen LogP contribution in [0.4, 0.5) is 0 Å². The highest BCUT2D eigenvalue weighted by molar-refractivity contribution is 6.82. The number of rotatable bonds is 8. The van der Waals surface area contributed by atoms with Gasteiger partial charge in [0, 0.05) is 36.2 Å². The van der Waals surface area contributed by atoms with Crippen molar-refractivity contribution in [2.75, 3.05) is 13.1 Å². The molecule has 2 aromatic heterocycles. The Labute approximate surface area is 217 Å². The molecule has 2 unspecified atom stereocenters. The van der Waals surface area contributed by atoms with Gasteiger partial charge in [-0.15, -0.1) is 0 Å². The minimum atomic E-state index is -1.96. The van der Waals surface area contributed by atoms with Gasteiger partial charge in [-0.3, -0.25) is 4.90 Å². The van der Waals surface area contributed by atoms with Crippen molar-refractivity contribution < 1.29 is 5.11 Å². The van der Waals surface area contributed by atoms with Gasteiger partial charge in [0.15, 0.2) is 8.24 Å². The van der Waals surface area contributed by atoms with Gasteiger partial charge in [0.25, 0.3) is 0 Å². The van der Waals surface area contributed by atoms with Crippen molar-refractivity contribution in [3.05, 3.63) is 64.9 Å². The largest absolute Gasteiger partial charge is 0.388 e. The second-order valence-electron chi connectivity index (χ2n) is 11.4. The normalized spacial score (nSPS) is 18.8. The molecule has 0 aliphatic carbocycles. The van der Waals surface area contributed by atoms with Crippen molar-refractivity contribution in [3.8, 4) is 0 Å². The average Bonchev–Trinajstić information content (AvgIpc) is 3.23. The molecule has 4 nitrogen and oxygen atoms in total. The quantitative estimate of drug-likeness (QED) is 0.315. The van der Waals surface area contributed by atoms with Crippen molar-refractivity contribution in [2.45, 2.75) is 83.7 Å². The lowest BCUT2D eigenvalue weighted by atomic mass is 9.87. The summed E-state index contributed by atoms with van der Waals surface area (Å²) in [6.07, 6.45) is 5.50. The zero-order valence-electron chi connectivity index (χ0n) is 22.2. The topological polar surface area (TPSA) is 41.3 Å². The molecule has 0 saturated carbocycles. The van der Waals surface area contributed by atoms with Crippen molar-refractivity contribution >= 4 is 30.9 Å². The maximum atomic E-state index is 11.7. The SMILES string of the molecule is CC(C)[Si](C(C)C)(C(C)C)n1ccc2c(C(O)C3CCCN(Cc4ccccc4)C3)c(Cl)cnc21. The third-order valence-electron chi connectivity index (χ3n) is 8.43. The van der Waals surface area contributed by atoms with Crippen LogP contribution in [0.5, 0.6) is 0 Å². The van der Waals surface area contributed by atoms with E-state index in [1.807, 2.05) is 0 Å².